The summed E-state index contributed by atoms with van der Waals surface area (Å²) in [4.78, 5) is 26.7. The fourth-order valence-electron chi connectivity index (χ4n) is 3.72. The Kier molecular flexibility index (Phi) is 7.98. The molecule has 3 rings (SSSR count). The van der Waals surface area contributed by atoms with Crippen molar-refractivity contribution in [2.45, 2.75) is 53.2 Å². The van der Waals surface area contributed by atoms with Crippen molar-refractivity contribution in [3.8, 4) is 11.5 Å². The van der Waals surface area contributed by atoms with E-state index in [0.717, 1.165) is 29.0 Å². The Morgan fingerprint density at radius 3 is 2.22 bits per heavy atom. The molecule has 2 aromatic carbocycles. The van der Waals surface area contributed by atoms with E-state index in [0.29, 0.717) is 38.4 Å². The molecule has 7 nitrogen and oxygen atoms in total. The maximum absolute atomic E-state index is 13.1. The number of nitrogens with one attached hydrogen (secondary N) is 2. The van der Waals surface area contributed by atoms with Crippen LogP contribution in [-0.4, -0.2) is 42.6 Å². The number of amides is 3. The van der Waals surface area contributed by atoms with E-state index in [2.05, 4.69) is 10.6 Å². The highest BCUT2D eigenvalue weighted by molar-refractivity contribution is 5.94. The van der Waals surface area contributed by atoms with Crippen molar-refractivity contribution in [3.05, 3.63) is 58.7 Å². The summed E-state index contributed by atoms with van der Waals surface area (Å²) < 4.78 is 11.5. The minimum atomic E-state index is -0.203. The molecule has 172 valence electrons. The molecule has 0 radical (unpaired) electrons. The standard InChI is InChI=1S/C25H33N3O4/c1-5-31-22-13-20-11-12-28(16-21(20)14-23(22)32-6-2)24(29)19-9-7-18(8-10-19)15-26-25(30)27-17(3)4/h7-10,13-14,17H,5-6,11-12,15-16H2,1-4H3,(H2,26,27,30). The summed E-state index contributed by atoms with van der Waals surface area (Å²) in [5.74, 6) is 1.49. The second-order valence-corrected chi connectivity index (χ2v) is 8.09. The minimum absolute atomic E-state index is 0.000412. The van der Waals surface area contributed by atoms with Crippen molar-refractivity contribution in [2.24, 2.45) is 0 Å². The second kappa shape index (κ2) is 10.9. The number of hydrogen-bond acceptors (Lipinski definition) is 4. The Morgan fingerprint density at radius 2 is 1.62 bits per heavy atom. The van der Waals surface area contributed by atoms with Crippen LogP contribution in [0.3, 0.4) is 0 Å². The number of benzene rings is 2. The highest BCUT2D eigenvalue weighted by atomic mass is 16.5. The zero-order valence-corrected chi connectivity index (χ0v) is 19.4. The Balaban J connectivity index is 1.65. The van der Waals surface area contributed by atoms with Gasteiger partial charge in [-0.15, -0.1) is 0 Å². The summed E-state index contributed by atoms with van der Waals surface area (Å²) in [5.41, 5.74) is 3.87. The summed E-state index contributed by atoms with van der Waals surface area (Å²) in [5, 5.41) is 5.60. The summed E-state index contributed by atoms with van der Waals surface area (Å²) in [6, 6.07) is 11.3. The molecule has 32 heavy (non-hydrogen) atoms. The topological polar surface area (TPSA) is 79.9 Å². The van der Waals surface area contributed by atoms with Crippen LogP contribution in [0, 0.1) is 0 Å². The predicted molar refractivity (Wildman–Crippen MR) is 124 cm³/mol. The smallest absolute Gasteiger partial charge is 0.315 e. The van der Waals surface area contributed by atoms with Gasteiger partial charge in [-0.3, -0.25) is 4.79 Å². The van der Waals surface area contributed by atoms with Crippen LogP contribution in [0.4, 0.5) is 4.79 Å². The largest absolute Gasteiger partial charge is 0.490 e. The van der Waals surface area contributed by atoms with E-state index in [9.17, 15) is 9.59 Å². The van der Waals surface area contributed by atoms with Crippen molar-refractivity contribution in [1.29, 1.82) is 0 Å². The van der Waals surface area contributed by atoms with Crippen LogP contribution in [-0.2, 0) is 19.5 Å². The Morgan fingerprint density at radius 1 is 1.00 bits per heavy atom. The van der Waals surface area contributed by atoms with Gasteiger partial charge in [0, 0.05) is 31.2 Å². The third-order valence-electron chi connectivity index (χ3n) is 5.24. The third-order valence-corrected chi connectivity index (χ3v) is 5.24. The fraction of sp³-hybridized carbons (Fsp3) is 0.440. The molecule has 1 heterocycles. The second-order valence-electron chi connectivity index (χ2n) is 8.09. The molecule has 1 aliphatic heterocycles. The third kappa shape index (κ3) is 5.93. The fourth-order valence-corrected chi connectivity index (χ4v) is 3.72. The van der Waals surface area contributed by atoms with Gasteiger partial charge in [0.15, 0.2) is 11.5 Å². The lowest BCUT2D eigenvalue weighted by molar-refractivity contribution is 0.0734. The van der Waals surface area contributed by atoms with Crippen LogP contribution in [0.5, 0.6) is 11.5 Å². The average Bonchev–Trinajstić information content (AvgIpc) is 2.77. The highest BCUT2D eigenvalue weighted by Crippen LogP contribution is 2.34. The van der Waals surface area contributed by atoms with Crippen molar-refractivity contribution >= 4 is 11.9 Å². The van der Waals surface area contributed by atoms with Gasteiger partial charge >= 0.3 is 6.03 Å². The molecule has 0 fully saturated rings. The first kappa shape index (κ1) is 23.4. The number of hydrogen-bond donors (Lipinski definition) is 2. The predicted octanol–water partition coefficient (Wildman–Crippen LogP) is 3.89. The van der Waals surface area contributed by atoms with Crippen molar-refractivity contribution in [3.63, 3.8) is 0 Å². The number of carbonyl (C=O) groups is 2. The van der Waals surface area contributed by atoms with Gasteiger partial charge < -0.3 is 25.0 Å². The average molecular weight is 440 g/mol. The van der Waals surface area contributed by atoms with E-state index in [1.54, 1.807) is 0 Å². The lowest BCUT2D eigenvalue weighted by Gasteiger charge is -2.30. The van der Waals surface area contributed by atoms with Crippen LogP contribution in [0.15, 0.2) is 36.4 Å². The minimum Gasteiger partial charge on any atom is -0.490 e. The molecule has 0 aromatic heterocycles. The van der Waals surface area contributed by atoms with E-state index >= 15 is 0 Å². The van der Waals surface area contributed by atoms with Gasteiger partial charge in [0.1, 0.15) is 0 Å². The van der Waals surface area contributed by atoms with Crippen molar-refractivity contribution < 1.29 is 19.1 Å². The van der Waals surface area contributed by atoms with E-state index in [-0.39, 0.29) is 18.0 Å². The van der Waals surface area contributed by atoms with Gasteiger partial charge in [-0.2, -0.15) is 0 Å². The molecule has 7 heteroatoms. The Labute approximate surface area is 190 Å². The van der Waals surface area contributed by atoms with Crippen LogP contribution in [0.25, 0.3) is 0 Å². The number of carbonyl (C=O) groups excluding carboxylic acids is 2. The van der Waals surface area contributed by atoms with Crippen LogP contribution < -0.4 is 20.1 Å². The first-order valence-corrected chi connectivity index (χ1v) is 11.2. The zero-order valence-electron chi connectivity index (χ0n) is 19.4. The van der Waals surface area contributed by atoms with Gasteiger partial charge in [0.2, 0.25) is 0 Å². The lowest BCUT2D eigenvalue weighted by Crippen LogP contribution is -2.39. The SMILES string of the molecule is CCOc1cc2c(cc1OCC)CN(C(=O)c1ccc(CNC(=O)NC(C)C)cc1)CC2. The highest BCUT2D eigenvalue weighted by Gasteiger charge is 2.24. The molecule has 0 atom stereocenters. The van der Waals surface area contributed by atoms with Crippen LogP contribution in [0.1, 0.15) is 54.7 Å². The quantitative estimate of drug-likeness (QED) is 0.654. The first-order valence-electron chi connectivity index (χ1n) is 11.2. The number of nitrogens with zero attached hydrogens (tertiary/aromatic N) is 1. The van der Waals surface area contributed by atoms with Gasteiger partial charge in [-0.05, 0) is 75.1 Å². The molecule has 0 aliphatic carbocycles. The number of rotatable bonds is 8. The number of ether oxygens (including phenoxy) is 2. The number of fused-ring (bicyclic) bond motifs is 1. The molecule has 1 aliphatic rings. The van der Waals surface area contributed by atoms with Crippen molar-refractivity contribution in [2.75, 3.05) is 19.8 Å². The van der Waals surface area contributed by atoms with E-state index in [4.69, 9.17) is 9.47 Å². The number of urea groups is 1. The first-order chi connectivity index (χ1) is 15.4. The molecule has 2 N–H and O–H groups in total. The van der Waals surface area contributed by atoms with Gasteiger partial charge in [-0.25, -0.2) is 4.79 Å². The molecule has 3 amide bonds. The summed E-state index contributed by atoms with van der Waals surface area (Å²) in [7, 11) is 0. The van der Waals surface area contributed by atoms with Crippen LogP contribution >= 0.6 is 0 Å². The molecule has 0 unspecified atom stereocenters. The molecular weight excluding hydrogens is 406 g/mol. The zero-order chi connectivity index (χ0) is 23.1. The Bertz CT molecular complexity index is 941. The monoisotopic (exact) mass is 439 g/mol. The normalized spacial score (nSPS) is 12.8. The molecule has 2 aromatic rings. The van der Waals surface area contributed by atoms with E-state index < -0.39 is 0 Å². The van der Waals surface area contributed by atoms with E-state index in [1.165, 1.54) is 5.56 Å². The maximum Gasteiger partial charge on any atom is 0.315 e. The molecule has 0 saturated heterocycles. The molecule has 0 spiro atoms. The molecular formula is C25H33N3O4. The summed E-state index contributed by atoms with van der Waals surface area (Å²) >= 11 is 0. The van der Waals surface area contributed by atoms with Crippen molar-refractivity contribution in [1.82, 2.24) is 15.5 Å². The summed E-state index contributed by atoms with van der Waals surface area (Å²) in [6.45, 7) is 10.5. The van der Waals surface area contributed by atoms with Gasteiger partial charge in [0.25, 0.3) is 5.91 Å². The Hall–Kier alpha value is -3.22. The van der Waals surface area contributed by atoms with Crippen LogP contribution in [0.2, 0.25) is 0 Å². The molecule has 0 saturated carbocycles. The maximum atomic E-state index is 13.1. The lowest BCUT2D eigenvalue weighted by atomic mass is 9.98. The van der Waals surface area contributed by atoms with E-state index in [1.807, 2.05) is 69.0 Å². The summed E-state index contributed by atoms with van der Waals surface area (Å²) in [6.07, 6.45) is 0.778. The van der Waals surface area contributed by atoms with Gasteiger partial charge in [-0.1, -0.05) is 12.1 Å². The molecule has 0 bridgehead atoms. The van der Waals surface area contributed by atoms with Gasteiger partial charge in [0.05, 0.1) is 13.2 Å².